The molecule has 0 radical (unpaired) electrons. The van der Waals surface area contributed by atoms with Crippen molar-refractivity contribution in [3.63, 3.8) is 0 Å². The van der Waals surface area contributed by atoms with Gasteiger partial charge in [0.05, 0.1) is 9.95 Å². The topological polar surface area (TPSA) is 81.5 Å². The molecule has 2 atom stereocenters. The highest BCUT2D eigenvalue weighted by Gasteiger charge is 2.19. The van der Waals surface area contributed by atoms with Crippen molar-refractivity contribution in [3.8, 4) is 11.5 Å². The average Bonchev–Trinajstić information content (AvgIpc) is 2.73. The predicted molar refractivity (Wildman–Crippen MR) is 120 cm³/mol. The number of nitro benzene ring substituents is 1. The molecule has 0 aromatic heterocycles. The summed E-state index contributed by atoms with van der Waals surface area (Å²) in [5.74, 6) is 0.911. The summed E-state index contributed by atoms with van der Waals surface area (Å²) in [5.41, 5.74) is 1.58. The number of rotatable bonds is 9. The van der Waals surface area contributed by atoms with Gasteiger partial charge in [0.15, 0.2) is 0 Å². The molecule has 1 N–H and O–H groups in total. The Balaban J connectivity index is 1.79. The van der Waals surface area contributed by atoms with Crippen molar-refractivity contribution in [2.24, 2.45) is 0 Å². The van der Waals surface area contributed by atoms with E-state index < -0.39 is 15.7 Å². The van der Waals surface area contributed by atoms with Crippen LogP contribution in [0.4, 0.5) is 5.69 Å². The number of nitrogens with zero attached hydrogens (tertiary/aromatic N) is 1. The minimum atomic E-state index is -0.998. The Labute approximate surface area is 182 Å². The fraction of sp³-hybridized carbons (Fsp3) is 0.182. The first-order valence-corrected chi connectivity index (χ1v) is 11.3. The molecule has 0 unspecified atom stereocenters. The third-order valence-electron chi connectivity index (χ3n) is 4.43. The maximum atomic E-state index is 11.8. The summed E-state index contributed by atoms with van der Waals surface area (Å²) < 4.78 is 17.5. The van der Waals surface area contributed by atoms with Gasteiger partial charge in [0.1, 0.15) is 5.75 Å². The van der Waals surface area contributed by atoms with Gasteiger partial charge in [0, 0.05) is 41.5 Å². The molecule has 0 aliphatic rings. The van der Waals surface area contributed by atoms with Crippen LogP contribution < -0.4 is 10.1 Å². The fourth-order valence-electron chi connectivity index (χ4n) is 2.98. The van der Waals surface area contributed by atoms with Crippen molar-refractivity contribution in [1.82, 2.24) is 5.32 Å². The number of para-hydroxylation sites is 1. The molecular weight excluding hydrogens is 424 g/mol. The van der Waals surface area contributed by atoms with Crippen LogP contribution in [0.15, 0.2) is 72.8 Å². The summed E-state index contributed by atoms with van der Waals surface area (Å²) in [4.78, 5) is 11.1. The van der Waals surface area contributed by atoms with E-state index in [-0.39, 0.29) is 17.5 Å². The lowest BCUT2D eigenvalue weighted by atomic mass is 10.1. The monoisotopic (exact) mass is 444 g/mol. The highest BCUT2D eigenvalue weighted by Crippen LogP contribution is 2.35. The number of ether oxygens (including phenoxy) is 1. The van der Waals surface area contributed by atoms with Gasteiger partial charge in [-0.15, -0.1) is 0 Å². The molecule has 0 amide bonds. The van der Waals surface area contributed by atoms with Crippen LogP contribution in [0.1, 0.15) is 17.2 Å². The molecule has 0 aliphatic heterocycles. The Hall–Kier alpha value is -2.74. The Morgan fingerprint density at radius 3 is 2.43 bits per heavy atom. The van der Waals surface area contributed by atoms with Crippen molar-refractivity contribution >= 4 is 28.1 Å². The Morgan fingerprint density at radius 1 is 1.07 bits per heavy atom. The van der Waals surface area contributed by atoms with E-state index in [9.17, 15) is 14.3 Å². The molecule has 0 bridgehead atoms. The smallest absolute Gasteiger partial charge is 0.311 e. The molecule has 6 nitrogen and oxygen atoms in total. The number of nitrogens with one attached hydrogen (secondary N) is 1. The molecule has 30 heavy (non-hydrogen) atoms. The Bertz CT molecular complexity index is 1050. The third kappa shape index (κ3) is 5.89. The molecule has 0 fully saturated rings. The van der Waals surface area contributed by atoms with Gasteiger partial charge in [-0.05, 0) is 29.3 Å². The first-order chi connectivity index (χ1) is 14.4. The zero-order chi connectivity index (χ0) is 21.5. The Morgan fingerprint density at radius 2 is 1.77 bits per heavy atom. The van der Waals surface area contributed by atoms with E-state index in [0.29, 0.717) is 23.1 Å². The summed E-state index contributed by atoms with van der Waals surface area (Å²) in [6.07, 6.45) is 1.66. The van der Waals surface area contributed by atoms with E-state index in [2.05, 4.69) is 5.32 Å². The maximum Gasteiger partial charge on any atom is 0.311 e. The van der Waals surface area contributed by atoms with E-state index in [4.69, 9.17) is 16.3 Å². The van der Waals surface area contributed by atoms with E-state index in [1.54, 1.807) is 42.7 Å². The molecule has 3 rings (SSSR count). The van der Waals surface area contributed by atoms with E-state index in [1.165, 1.54) is 6.07 Å². The number of halogens is 1. The Kier molecular flexibility index (Phi) is 7.57. The lowest BCUT2D eigenvalue weighted by Crippen LogP contribution is -2.25. The van der Waals surface area contributed by atoms with Crippen LogP contribution in [0.2, 0.25) is 5.02 Å². The van der Waals surface area contributed by atoms with Crippen LogP contribution >= 0.6 is 11.6 Å². The van der Waals surface area contributed by atoms with Crippen molar-refractivity contribution in [2.75, 3.05) is 12.0 Å². The largest absolute Gasteiger partial charge is 0.449 e. The molecule has 8 heteroatoms. The second-order valence-electron chi connectivity index (χ2n) is 6.68. The second-order valence-corrected chi connectivity index (χ2v) is 8.56. The normalized spacial score (nSPS) is 12.9. The minimum Gasteiger partial charge on any atom is -0.449 e. The summed E-state index contributed by atoms with van der Waals surface area (Å²) in [6.45, 7) is 0.379. The van der Waals surface area contributed by atoms with Gasteiger partial charge in [-0.25, -0.2) is 0 Å². The van der Waals surface area contributed by atoms with Gasteiger partial charge in [-0.1, -0.05) is 60.1 Å². The van der Waals surface area contributed by atoms with Gasteiger partial charge in [0.25, 0.3) is 0 Å². The molecule has 0 aliphatic carbocycles. The first-order valence-electron chi connectivity index (χ1n) is 9.22. The predicted octanol–water partition coefficient (Wildman–Crippen LogP) is 5.25. The molecule has 0 heterocycles. The summed E-state index contributed by atoms with van der Waals surface area (Å²) in [6, 6.07) is 21.2. The van der Waals surface area contributed by atoms with Crippen molar-refractivity contribution in [2.45, 2.75) is 12.6 Å². The second kappa shape index (κ2) is 10.3. The van der Waals surface area contributed by atoms with Crippen molar-refractivity contribution in [3.05, 3.63) is 99.1 Å². The lowest BCUT2D eigenvalue weighted by Gasteiger charge is -2.18. The number of hydrogen-bond acceptors (Lipinski definition) is 5. The average molecular weight is 445 g/mol. The molecule has 3 aromatic carbocycles. The third-order valence-corrected chi connectivity index (χ3v) is 5.55. The van der Waals surface area contributed by atoms with Gasteiger partial charge in [-0.2, -0.15) is 0 Å². The van der Waals surface area contributed by atoms with Crippen LogP contribution in [-0.4, -0.2) is 21.1 Å². The van der Waals surface area contributed by atoms with Crippen molar-refractivity contribution < 1.29 is 13.9 Å². The highest BCUT2D eigenvalue weighted by molar-refractivity contribution is 7.84. The fourth-order valence-corrected chi connectivity index (χ4v) is 3.94. The van der Waals surface area contributed by atoms with Crippen LogP contribution in [0.3, 0.4) is 0 Å². The van der Waals surface area contributed by atoms with Gasteiger partial charge < -0.3 is 10.1 Å². The summed E-state index contributed by atoms with van der Waals surface area (Å²) in [5, 5.41) is 15.3. The highest BCUT2D eigenvalue weighted by atomic mass is 35.5. The van der Waals surface area contributed by atoms with Crippen molar-refractivity contribution in [1.29, 1.82) is 0 Å². The summed E-state index contributed by atoms with van der Waals surface area (Å²) in [7, 11) is -0.998. The SMILES string of the molecule is C[S@](=O)C[C@H](NCc1ccc(Oc2ccccc2Cl)c([N+](=O)[O-])c1)c1ccccc1. The summed E-state index contributed by atoms with van der Waals surface area (Å²) >= 11 is 6.09. The van der Waals surface area contributed by atoms with Crippen LogP contribution in [0.25, 0.3) is 0 Å². The number of hydrogen-bond donors (Lipinski definition) is 1. The van der Waals surface area contributed by atoms with Crippen LogP contribution in [0.5, 0.6) is 11.5 Å². The van der Waals surface area contributed by atoms with Crippen LogP contribution in [0, 0.1) is 10.1 Å². The molecule has 0 saturated heterocycles. The van der Waals surface area contributed by atoms with E-state index >= 15 is 0 Å². The number of nitro groups is 1. The number of benzene rings is 3. The van der Waals surface area contributed by atoms with Gasteiger partial charge in [-0.3, -0.25) is 14.3 Å². The standard InChI is InChI=1S/C22H21ClN2O4S/c1-30(28)15-19(17-7-3-2-4-8-17)24-14-16-11-12-22(20(13-16)25(26)27)29-21-10-6-5-9-18(21)23/h2-13,19,24H,14-15H2,1H3/t19-,30-/m0/s1. The minimum absolute atomic E-state index is 0.117. The van der Waals surface area contributed by atoms with Gasteiger partial charge >= 0.3 is 5.69 Å². The van der Waals surface area contributed by atoms with E-state index in [1.807, 2.05) is 30.3 Å². The molecule has 156 valence electrons. The quantitative estimate of drug-likeness (QED) is 0.360. The molecular formula is C22H21ClN2O4S. The van der Waals surface area contributed by atoms with Gasteiger partial charge in [0.2, 0.25) is 5.75 Å². The first kappa shape index (κ1) is 22.0. The zero-order valence-electron chi connectivity index (χ0n) is 16.3. The van der Waals surface area contributed by atoms with E-state index in [0.717, 1.165) is 11.1 Å². The zero-order valence-corrected chi connectivity index (χ0v) is 17.9. The molecule has 0 spiro atoms. The maximum absolute atomic E-state index is 11.8. The molecule has 3 aromatic rings. The van der Waals surface area contributed by atoms with Crippen LogP contribution in [-0.2, 0) is 17.3 Å². The lowest BCUT2D eigenvalue weighted by molar-refractivity contribution is -0.385. The molecule has 0 saturated carbocycles.